The van der Waals surface area contributed by atoms with E-state index in [1.54, 1.807) is 0 Å². The van der Waals surface area contributed by atoms with Gasteiger partial charge in [-0.05, 0) is 38.0 Å². The van der Waals surface area contributed by atoms with Gasteiger partial charge in [0.05, 0.1) is 5.69 Å². The van der Waals surface area contributed by atoms with Gasteiger partial charge in [0.1, 0.15) is 0 Å². The normalized spacial score (nSPS) is 23.8. The molecule has 1 aromatic heterocycles. The summed E-state index contributed by atoms with van der Waals surface area (Å²) in [4.78, 5) is 21.3. The van der Waals surface area contributed by atoms with E-state index in [1.807, 2.05) is 11.8 Å². The first-order valence-corrected chi connectivity index (χ1v) is 8.49. The number of rotatable bonds is 4. The van der Waals surface area contributed by atoms with Crippen molar-refractivity contribution in [1.82, 2.24) is 14.8 Å². The predicted octanol–water partition coefficient (Wildman–Crippen LogP) is 2.57. The molecule has 1 saturated heterocycles. The highest BCUT2D eigenvalue weighted by Crippen LogP contribution is 2.32. The summed E-state index contributed by atoms with van der Waals surface area (Å²) in [5.41, 5.74) is 0.685. The van der Waals surface area contributed by atoms with Crippen molar-refractivity contribution in [3.05, 3.63) is 17.8 Å². The van der Waals surface area contributed by atoms with Crippen LogP contribution in [0.5, 0.6) is 0 Å². The van der Waals surface area contributed by atoms with E-state index in [0.717, 1.165) is 32.0 Å². The molecule has 1 amide bonds. The van der Waals surface area contributed by atoms with Gasteiger partial charge in [0.15, 0.2) is 6.39 Å². The number of carbonyl (C=O) groups is 1. The minimum absolute atomic E-state index is 0.00563. The number of oxazole rings is 1. The standard InChI is InChI=1S/C17H27N3O2/c1-12(2)15-10-20(17(21)16-13(3)18-11-22-16)8-4-7-19(15)9-14-5-6-14/h11-12,14-15H,4-10H2,1-3H3/t15-/m0/s1. The molecule has 1 aromatic rings. The lowest BCUT2D eigenvalue weighted by Gasteiger charge is -2.34. The molecule has 1 aliphatic carbocycles. The monoisotopic (exact) mass is 305 g/mol. The zero-order valence-electron chi connectivity index (χ0n) is 13.9. The lowest BCUT2D eigenvalue weighted by atomic mass is 10.0. The Bertz CT molecular complexity index is 522. The number of aryl methyl sites for hydroxylation is 1. The molecule has 1 saturated carbocycles. The molecule has 2 aliphatic rings. The van der Waals surface area contributed by atoms with Crippen molar-refractivity contribution in [3.63, 3.8) is 0 Å². The van der Waals surface area contributed by atoms with Crippen molar-refractivity contribution in [2.45, 2.75) is 46.1 Å². The van der Waals surface area contributed by atoms with Gasteiger partial charge in [0, 0.05) is 32.2 Å². The van der Waals surface area contributed by atoms with Crippen LogP contribution in [-0.2, 0) is 0 Å². The number of hydrogen-bond donors (Lipinski definition) is 0. The van der Waals surface area contributed by atoms with E-state index < -0.39 is 0 Å². The van der Waals surface area contributed by atoms with Crippen molar-refractivity contribution in [2.24, 2.45) is 11.8 Å². The molecule has 0 radical (unpaired) electrons. The van der Waals surface area contributed by atoms with Crippen LogP contribution >= 0.6 is 0 Å². The molecular formula is C17H27N3O2. The van der Waals surface area contributed by atoms with Crippen LogP contribution in [0.3, 0.4) is 0 Å². The lowest BCUT2D eigenvalue weighted by Crippen LogP contribution is -2.46. The molecule has 3 rings (SSSR count). The van der Waals surface area contributed by atoms with Gasteiger partial charge in [0.25, 0.3) is 5.91 Å². The van der Waals surface area contributed by atoms with Gasteiger partial charge in [-0.15, -0.1) is 0 Å². The van der Waals surface area contributed by atoms with E-state index >= 15 is 0 Å². The quantitative estimate of drug-likeness (QED) is 0.858. The van der Waals surface area contributed by atoms with Gasteiger partial charge < -0.3 is 9.32 Å². The van der Waals surface area contributed by atoms with Crippen LogP contribution in [0.2, 0.25) is 0 Å². The Morgan fingerprint density at radius 1 is 1.41 bits per heavy atom. The van der Waals surface area contributed by atoms with Crippen LogP contribution in [0.4, 0.5) is 0 Å². The van der Waals surface area contributed by atoms with E-state index in [4.69, 9.17) is 4.42 Å². The number of carbonyl (C=O) groups excluding carboxylic acids is 1. The highest BCUT2D eigenvalue weighted by molar-refractivity contribution is 5.92. The van der Waals surface area contributed by atoms with Crippen LogP contribution in [0.1, 0.15) is 49.4 Å². The van der Waals surface area contributed by atoms with E-state index in [1.165, 1.54) is 25.8 Å². The Balaban J connectivity index is 1.73. The van der Waals surface area contributed by atoms with Crippen molar-refractivity contribution >= 4 is 5.91 Å². The summed E-state index contributed by atoms with van der Waals surface area (Å²) in [6.07, 6.45) is 5.15. The van der Waals surface area contributed by atoms with Crippen molar-refractivity contribution < 1.29 is 9.21 Å². The van der Waals surface area contributed by atoms with Crippen LogP contribution in [0, 0.1) is 18.8 Å². The third-order valence-electron chi connectivity index (χ3n) is 4.94. The molecule has 5 heteroatoms. The summed E-state index contributed by atoms with van der Waals surface area (Å²) in [7, 11) is 0. The van der Waals surface area contributed by atoms with Gasteiger partial charge >= 0.3 is 0 Å². The molecule has 0 bridgehead atoms. The fraction of sp³-hybridized carbons (Fsp3) is 0.765. The molecule has 0 N–H and O–H groups in total. The average Bonchev–Trinajstić information content (AvgIpc) is 3.23. The summed E-state index contributed by atoms with van der Waals surface area (Å²) in [5.74, 6) is 1.83. The summed E-state index contributed by atoms with van der Waals surface area (Å²) in [6.45, 7) is 10.3. The van der Waals surface area contributed by atoms with E-state index in [-0.39, 0.29) is 5.91 Å². The summed E-state index contributed by atoms with van der Waals surface area (Å²) in [5, 5.41) is 0. The maximum atomic E-state index is 12.7. The van der Waals surface area contributed by atoms with Crippen LogP contribution in [-0.4, -0.2) is 52.9 Å². The molecule has 1 aliphatic heterocycles. The Kier molecular flexibility index (Phi) is 4.52. The zero-order valence-corrected chi connectivity index (χ0v) is 13.9. The molecule has 0 spiro atoms. The number of aromatic nitrogens is 1. The summed E-state index contributed by atoms with van der Waals surface area (Å²) in [6, 6.07) is 0.440. The van der Waals surface area contributed by atoms with Gasteiger partial charge in [0.2, 0.25) is 5.76 Å². The second-order valence-corrected chi connectivity index (χ2v) is 7.12. The Labute approximate surface area is 132 Å². The molecule has 0 unspecified atom stereocenters. The van der Waals surface area contributed by atoms with Crippen molar-refractivity contribution in [2.75, 3.05) is 26.2 Å². The van der Waals surface area contributed by atoms with Gasteiger partial charge in [-0.1, -0.05) is 13.8 Å². The highest BCUT2D eigenvalue weighted by Gasteiger charge is 2.34. The van der Waals surface area contributed by atoms with Crippen LogP contribution in [0.25, 0.3) is 0 Å². The van der Waals surface area contributed by atoms with Gasteiger partial charge in [-0.2, -0.15) is 0 Å². The Morgan fingerprint density at radius 3 is 2.77 bits per heavy atom. The smallest absolute Gasteiger partial charge is 0.291 e. The largest absolute Gasteiger partial charge is 0.438 e. The molecule has 5 nitrogen and oxygen atoms in total. The third-order valence-corrected chi connectivity index (χ3v) is 4.94. The Morgan fingerprint density at radius 2 is 2.18 bits per heavy atom. The fourth-order valence-corrected chi connectivity index (χ4v) is 3.39. The second kappa shape index (κ2) is 6.41. The lowest BCUT2D eigenvalue weighted by molar-refractivity contribution is 0.0672. The molecule has 2 fully saturated rings. The first-order chi connectivity index (χ1) is 10.6. The molecule has 122 valence electrons. The van der Waals surface area contributed by atoms with E-state index in [9.17, 15) is 4.79 Å². The highest BCUT2D eigenvalue weighted by atomic mass is 16.3. The molecule has 22 heavy (non-hydrogen) atoms. The second-order valence-electron chi connectivity index (χ2n) is 7.12. The number of nitrogens with zero attached hydrogens (tertiary/aromatic N) is 3. The fourth-order valence-electron chi connectivity index (χ4n) is 3.39. The SMILES string of the molecule is Cc1ncoc1C(=O)N1CCCN(CC2CC2)[C@H](C(C)C)C1. The van der Waals surface area contributed by atoms with E-state index in [0.29, 0.717) is 23.4 Å². The Hall–Kier alpha value is -1.36. The van der Waals surface area contributed by atoms with Crippen molar-refractivity contribution in [3.8, 4) is 0 Å². The van der Waals surface area contributed by atoms with Crippen LogP contribution < -0.4 is 0 Å². The zero-order chi connectivity index (χ0) is 15.7. The minimum atomic E-state index is -0.00563. The minimum Gasteiger partial charge on any atom is -0.438 e. The van der Waals surface area contributed by atoms with E-state index in [2.05, 4.69) is 23.7 Å². The maximum Gasteiger partial charge on any atom is 0.291 e. The number of hydrogen-bond acceptors (Lipinski definition) is 4. The first kappa shape index (κ1) is 15.5. The third kappa shape index (κ3) is 3.35. The summed E-state index contributed by atoms with van der Waals surface area (Å²) >= 11 is 0. The van der Waals surface area contributed by atoms with Crippen LogP contribution in [0.15, 0.2) is 10.8 Å². The average molecular weight is 305 g/mol. The van der Waals surface area contributed by atoms with Crippen molar-refractivity contribution in [1.29, 1.82) is 0 Å². The maximum absolute atomic E-state index is 12.7. The molecule has 1 atom stereocenters. The predicted molar refractivity (Wildman–Crippen MR) is 84.7 cm³/mol. The molecular weight excluding hydrogens is 278 g/mol. The summed E-state index contributed by atoms with van der Waals surface area (Å²) < 4.78 is 5.30. The first-order valence-electron chi connectivity index (χ1n) is 8.49. The molecule has 0 aromatic carbocycles. The van der Waals surface area contributed by atoms with Gasteiger partial charge in [-0.25, -0.2) is 4.98 Å². The number of amides is 1. The molecule has 2 heterocycles. The topological polar surface area (TPSA) is 49.6 Å². The van der Waals surface area contributed by atoms with Gasteiger partial charge in [-0.3, -0.25) is 9.69 Å².